The minimum absolute atomic E-state index is 0.0141. The van der Waals surface area contributed by atoms with Gasteiger partial charge in [0.1, 0.15) is 12.4 Å². The molecule has 1 atom stereocenters. The first-order chi connectivity index (χ1) is 16.2. The lowest BCUT2D eigenvalue weighted by Gasteiger charge is -2.36. The van der Waals surface area contributed by atoms with Crippen LogP contribution in [-0.4, -0.2) is 30.4 Å². The smallest absolute Gasteiger partial charge is 0.251 e. The molecule has 1 amide bonds. The lowest BCUT2D eigenvalue weighted by atomic mass is 9.92. The zero-order valence-electron chi connectivity index (χ0n) is 19.5. The van der Waals surface area contributed by atoms with Crippen LogP contribution >= 0.6 is 0 Å². The van der Waals surface area contributed by atoms with E-state index in [9.17, 15) is 4.79 Å². The van der Waals surface area contributed by atoms with Crippen molar-refractivity contribution in [1.29, 1.82) is 0 Å². The normalized spacial score (nSPS) is 15.7. The summed E-state index contributed by atoms with van der Waals surface area (Å²) >= 11 is 0. The molecule has 1 heterocycles. The largest absolute Gasteiger partial charge is 0.489 e. The minimum atomic E-state index is -0.0141. The highest BCUT2D eigenvalue weighted by Gasteiger charge is 2.23. The quantitative estimate of drug-likeness (QED) is 0.451. The summed E-state index contributed by atoms with van der Waals surface area (Å²) < 4.78 is 5.81. The fourth-order valence-corrected chi connectivity index (χ4v) is 4.51. The average molecular weight is 443 g/mol. The zero-order chi connectivity index (χ0) is 22.9. The number of hydrogen-bond acceptors (Lipinski definition) is 3. The Labute approximate surface area is 197 Å². The Bertz CT molecular complexity index is 981. The van der Waals surface area contributed by atoms with Crippen LogP contribution in [0.2, 0.25) is 0 Å². The monoisotopic (exact) mass is 442 g/mol. The molecule has 1 saturated heterocycles. The number of carbonyl (C=O) groups excluding carboxylic acids is 1. The Hall–Kier alpha value is -3.11. The molecule has 172 valence electrons. The van der Waals surface area contributed by atoms with E-state index in [1.54, 1.807) is 0 Å². The van der Waals surface area contributed by atoms with E-state index in [1.165, 1.54) is 18.4 Å². The van der Waals surface area contributed by atoms with Crippen LogP contribution in [-0.2, 0) is 6.61 Å². The van der Waals surface area contributed by atoms with Gasteiger partial charge in [0.2, 0.25) is 0 Å². The molecule has 3 aromatic carbocycles. The van der Waals surface area contributed by atoms with Gasteiger partial charge >= 0.3 is 0 Å². The van der Waals surface area contributed by atoms with E-state index in [1.807, 2.05) is 54.6 Å². The second kappa shape index (κ2) is 11.7. The van der Waals surface area contributed by atoms with Gasteiger partial charge in [0.05, 0.1) is 0 Å². The number of nitrogens with one attached hydrogen (secondary N) is 1. The van der Waals surface area contributed by atoms with Crippen LogP contribution in [0.15, 0.2) is 84.9 Å². The van der Waals surface area contributed by atoms with Crippen LogP contribution in [0, 0.1) is 5.92 Å². The van der Waals surface area contributed by atoms with Gasteiger partial charge in [0.15, 0.2) is 0 Å². The topological polar surface area (TPSA) is 41.6 Å². The van der Waals surface area contributed by atoms with Crippen LogP contribution < -0.4 is 10.1 Å². The molecule has 1 aliphatic heterocycles. The second-order valence-electron chi connectivity index (χ2n) is 8.91. The molecule has 0 spiro atoms. The van der Waals surface area contributed by atoms with E-state index >= 15 is 0 Å². The van der Waals surface area contributed by atoms with Crippen molar-refractivity contribution in [2.45, 2.75) is 38.8 Å². The summed E-state index contributed by atoms with van der Waals surface area (Å²) in [5.41, 5.74) is 3.19. The van der Waals surface area contributed by atoms with Crippen molar-refractivity contribution in [3.63, 3.8) is 0 Å². The highest BCUT2D eigenvalue weighted by atomic mass is 16.5. The molecule has 4 heteroatoms. The second-order valence-corrected chi connectivity index (χ2v) is 8.91. The fourth-order valence-electron chi connectivity index (χ4n) is 4.51. The molecular weight excluding hydrogens is 408 g/mol. The number of ether oxygens (including phenoxy) is 1. The minimum Gasteiger partial charge on any atom is -0.489 e. The maximum Gasteiger partial charge on any atom is 0.251 e. The van der Waals surface area contributed by atoms with Crippen molar-refractivity contribution in [3.8, 4) is 5.75 Å². The van der Waals surface area contributed by atoms with Gasteiger partial charge < -0.3 is 10.1 Å². The Balaban J connectivity index is 1.15. The van der Waals surface area contributed by atoms with Gasteiger partial charge in [-0.05, 0) is 80.6 Å². The van der Waals surface area contributed by atoms with E-state index in [0.29, 0.717) is 24.1 Å². The lowest BCUT2D eigenvalue weighted by molar-refractivity contribution is 0.0945. The maximum atomic E-state index is 12.5. The van der Waals surface area contributed by atoms with E-state index in [-0.39, 0.29) is 5.91 Å². The van der Waals surface area contributed by atoms with Gasteiger partial charge in [-0.3, -0.25) is 9.69 Å². The zero-order valence-corrected chi connectivity index (χ0v) is 19.5. The number of benzene rings is 3. The number of carbonyl (C=O) groups is 1. The fraction of sp³-hybridized carbons (Fsp3) is 0.345. The predicted molar refractivity (Wildman–Crippen MR) is 133 cm³/mol. The van der Waals surface area contributed by atoms with Gasteiger partial charge in [-0.2, -0.15) is 0 Å². The van der Waals surface area contributed by atoms with Gasteiger partial charge in [0, 0.05) is 18.2 Å². The summed E-state index contributed by atoms with van der Waals surface area (Å²) in [6.45, 7) is 5.80. The summed E-state index contributed by atoms with van der Waals surface area (Å²) in [6, 6.07) is 28.7. The Kier molecular flexibility index (Phi) is 8.15. The third-order valence-electron chi connectivity index (χ3n) is 6.68. The van der Waals surface area contributed by atoms with Crippen molar-refractivity contribution in [2.75, 3.05) is 19.6 Å². The summed E-state index contributed by atoms with van der Waals surface area (Å²) in [7, 11) is 0. The van der Waals surface area contributed by atoms with Crippen LogP contribution in [0.3, 0.4) is 0 Å². The molecule has 0 bridgehead atoms. The molecular formula is C29H34N2O2. The molecule has 0 saturated carbocycles. The van der Waals surface area contributed by atoms with Gasteiger partial charge in [-0.25, -0.2) is 0 Å². The Morgan fingerprint density at radius 2 is 1.58 bits per heavy atom. The lowest BCUT2D eigenvalue weighted by Crippen LogP contribution is -2.36. The highest BCUT2D eigenvalue weighted by molar-refractivity contribution is 5.94. The first kappa shape index (κ1) is 23.1. The average Bonchev–Trinajstić information content (AvgIpc) is 2.89. The van der Waals surface area contributed by atoms with Crippen molar-refractivity contribution in [2.24, 2.45) is 5.92 Å². The first-order valence-electron chi connectivity index (χ1n) is 12.0. The maximum absolute atomic E-state index is 12.5. The molecule has 0 aromatic heterocycles. The number of likely N-dealkylation sites (tertiary alicyclic amines) is 1. The number of rotatable bonds is 9. The van der Waals surface area contributed by atoms with Crippen LogP contribution in [0.4, 0.5) is 0 Å². The molecule has 4 rings (SSSR count). The van der Waals surface area contributed by atoms with Gasteiger partial charge in [-0.15, -0.1) is 0 Å². The van der Waals surface area contributed by atoms with Crippen LogP contribution in [0.1, 0.15) is 53.7 Å². The van der Waals surface area contributed by atoms with Gasteiger partial charge in [-0.1, -0.05) is 60.7 Å². The summed E-state index contributed by atoms with van der Waals surface area (Å²) in [4.78, 5) is 15.1. The molecule has 4 nitrogen and oxygen atoms in total. The van der Waals surface area contributed by atoms with Crippen LogP contribution in [0.5, 0.6) is 5.75 Å². The van der Waals surface area contributed by atoms with Crippen molar-refractivity contribution in [3.05, 3.63) is 102 Å². The Morgan fingerprint density at radius 3 is 2.24 bits per heavy atom. The molecule has 33 heavy (non-hydrogen) atoms. The third kappa shape index (κ3) is 6.69. The first-order valence-corrected chi connectivity index (χ1v) is 12.0. The van der Waals surface area contributed by atoms with Crippen molar-refractivity contribution >= 4 is 5.91 Å². The number of hydrogen-bond donors (Lipinski definition) is 1. The molecule has 1 N–H and O–H groups in total. The summed E-state index contributed by atoms with van der Waals surface area (Å²) in [6.07, 6.45) is 3.43. The van der Waals surface area contributed by atoms with Crippen molar-refractivity contribution in [1.82, 2.24) is 10.2 Å². The molecule has 1 unspecified atom stereocenters. The van der Waals surface area contributed by atoms with E-state index in [4.69, 9.17) is 4.74 Å². The molecule has 0 radical (unpaired) electrons. The Morgan fingerprint density at radius 1 is 0.939 bits per heavy atom. The molecule has 3 aromatic rings. The van der Waals surface area contributed by atoms with E-state index < -0.39 is 0 Å². The molecule has 1 fully saturated rings. The standard InChI is InChI=1S/C29H34N2O2/c1-23(26-10-6-3-7-11-26)31-20-17-24(18-21-31)16-19-30-29(32)27-12-14-28(15-13-27)33-22-25-8-4-2-5-9-25/h2-15,23-24H,16-22H2,1H3,(H,30,32). The van der Waals surface area contributed by atoms with E-state index in [0.717, 1.165) is 37.4 Å². The number of amides is 1. The predicted octanol–water partition coefficient (Wildman–Crippen LogP) is 5.86. The van der Waals surface area contributed by atoms with Gasteiger partial charge in [0.25, 0.3) is 5.91 Å². The third-order valence-corrected chi connectivity index (χ3v) is 6.68. The molecule has 1 aliphatic rings. The molecule has 0 aliphatic carbocycles. The highest BCUT2D eigenvalue weighted by Crippen LogP contribution is 2.27. The number of nitrogens with zero attached hydrogens (tertiary/aromatic N) is 1. The summed E-state index contributed by atoms with van der Waals surface area (Å²) in [5, 5.41) is 3.09. The van der Waals surface area contributed by atoms with Crippen molar-refractivity contribution < 1.29 is 9.53 Å². The summed E-state index contributed by atoms with van der Waals surface area (Å²) in [5.74, 6) is 1.44. The van der Waals surface area contributed by atoms with Crippen LogP contribution in [0.25, 0.3) is 0 Å². The van der Waals surface area contributed by atoms with E-state index in [2.05, 4.69) is 47.5 Å². The number of piperidine rings is 1. The SMILES string of the molecule is CC(c1ccccc1)N1CCC(CCNC(=O)c2ccc(OCc3ccccc3)cc2)CC1.